The molecule has 1 aromatic rings. The lowest BCUT2D eigenvalue weighted by atomic mass is 9.98. The molecule has 0 saturated carbocycles. The van der Waals surface area contributed by atoms with Crippen LogP contribution in [0, 0.1) is 0 Å². The smallest absolute Gasteiger partial charge is 0.185 e. The van der Waals surface area contributed by atoms with E-state index in [1.54, 1.807) is 0 Å². The largest absolute Gasteiger partial charge is 0.348 e. The van der Waals surface area contributed by atoms with Crippen LogP contribution in [0.1, 0.15) is 42.3 Å². The molecule has 3 nitrogen and oxygen atoms in total. The van der Waals surface area contributed by atoms with Crippen LogP contribution < -0.4 is 10.2 Å². The van der Waals surface area contributed by atoms with E-state index in [-0.39, 0.29) is 0 Å². The van der Waals surface area contributed by atoms with Gasteiger partial charge in [0.1, 0.15) is 0 Å². The van der Waals surface area contributed by atoms with Gasteiger partial charge in [0.05, 0.1) is 11.7 Å². The number of nitrogens with one attached hydrogen (secondary N) is 1. The van der Waals surface area contributed by atoms with Crippen LogP contribution >= 0.6 is 11.3 Å². The average Bonchev–Trinajstić information content (AvgIpc) is 2.96. The second kappa shape index (κ2) is 4.34. The topological polar surface area (TPSA) is 28.2 Å². The SMILES string of the molecule is CNC1CCCc2sc(N3CCCC3)nc21. The van der Waals surface area contributed by atoms with Gasteiger partial charge in [0.25, 0.3) is 0 Å². The second-order valence-corrected chi connectivity index (χ2v) is 5.79. The molecule has 1 atom stereocenters. The van der Waals surface area contributed by atoms with Gasteiger partial charge in [-0.05, 0) is 39.2 Å². The van der Waals surface area contributed by atoms with Gasteiger partial charge in [0.2, 0.25) is 0 Å². The van der Waals surface area contributed by atoms with Crippen molar-refractivity contribution in [3.8, 4) is 0 Å². The van der Waals surface area contributed by atoms with Gasteiger partial charge in [-0.2, -0.15) is 0 Å². The minimum Gasteiger partial charge on any atom is -0.348 e. The van der Waals surface area contributed by atoms with Crippen LogP contribution in [0.15, 0.2) is 0 Å². The van der Waals surface area contributed by atoms with Crippen molar-refractivity contribution in [3.05, 3.63) is 10.6 Å². The molecule has 1 aliphatic carbocycles. The van der Waals surface area contributed by atoms with Crippen LogP contribution in [-0.4, -0.2) is 25.1 Å². The van der Waals surface area contributed by atoms with Crippen molar-refractivity contribution in [2.24, 2.45) is 0 Å². The highest BCUT2D eigenvalue weighted by molar-refractivity contribution is 7.15. The summed E-state index contributed by atoms with van der Waals surface area (Å²) in [5.41, 5.74) is 1.33. The van der Waals surface area contributed by atoms with E-state index in [9.17, 15) is 0 Å². The Morgan fingerprint density at radius 1 is 1.31 bits per heavy atom. The highest BCUT2D eigenvalue weighted by Crippen LogP contribution is 2.37. The molecule has 0 amide bonds. The van der Waals surface area contributed by atoms with E-state index in [1.165, 1.54) is 60.9 Å². The number of aromatic nitrogens is 1. The van der Waals surface area contributed by atoms with E-state index in [0.717, 1.165) is 0 Å². The van der Waals surface area contributed by atoms with E-state index in [2.05, 4.69) is 17.3 Å². The Morgan fingerprint density at radius 3 is 2.88 bits per heavy atom. The number of fused-ring (bicyclic) bond motifs is 1. The predicted molar refractivity (Wildman–Crippen MR) is 68.3 cm³/mol. The molecule has 0 bridgehead atoms. The fourth-order valence-electron chi connectivity index (χ4n) is 2.73. The molecule has 3 rings (SSSR count). The summed E-state index contributed by atoms with van der Waals surface area (Å²) in [5.74, 6) is 0. The molecule has 1 saturated heterocycles. The molecule has 2 aliphatic rings. The lowest BCUT2D eigenvalue weighted by molar-refractivity contribution is 0.490. The zero-order valence-corrected chi connectivity index (χ0v) is 10.6. The van der Waals surface area contributed by atoms with Crippen LogP contribution in [0.3, 0.4) is 0 Å². The quantitative estimate of drug-likeness (QED) is 0.855. The maximum atomic E-state index is 4.87. The lowest BCUT2D eigenvalue weighted by Gasteiger charge is -2.19. The van der Waals surface area contributed by atoms with Gasteiger partial charge in [-0.15, -0.1) is 11.3 Å². The Hall–Kier alpha value is -0.610. The summed E-state index contributed by atoms with van der Waals surface area (Å²) in [6.07, 6.45) is 6.45. The Morgan fingerprint density at radius 2 is 2.12 bits per heavy atom. The Balaban J connectivity index is 1.89. The minimum absolute atomic E-state index is 0.497. The van der Waals surface area contributed by atoms with E-state index in [0.29, 0.717) is 6.04 Å². The summed E-state index contributed by atoms with van der Waals surface area (Å²) >= 11 is 1.93. The fourth-order valence-corrected chi connectivity index (χ4v) is 3.95. The first-order chi connectivity index (χ1) is 7.88. The number of hydrogen-bond acceptors (Lipinski definition) is 4. The lowest BCUT2D eigenvalue weighted by Crippen LogP contribution is -2.21. The standard InChI is InChI=1S/C12H19N3S/c1-13-9-5-4-6-10-11(9)14-12(16-10)15-7-2-3-8-15/h9,13H,2-8H2,1H3. The van der Waals surface area contributed by atoms with Crippen molar-refractivity contribution in [1.82, 2.24) is 10.3 Å². The zero-order chi connectivity index (χ0) is 11.0. The molecule has 1 fully saturated rings. The van der Waals surface area contributed by atoms with E-state index >= 15 is 0 Å². The molecule has 0 spiro atoms. The van der Waals surface area contributed by atoms with E-state index < -0.39 is 0 Å². The second-order valence-electron chi connectivity index (χ2n) is 4.73. The van der Waals surface area contributed by atoms with Crippen LogP contribution in [0.25, 0.3) is 0 Å². The predicted octanol–water partition coefficient (Wildman–Crippen LogP) is 2.34. The Labute approximate surface area is 101 Å². The van der Waals surface area contributed by atoms with Crippen molar-refractivity contribution in [2.75, 3.05) is 25.0 Å². The van der Waals surface area contributed by atoms with Crippen molar-refractivity contribution in [2.45, 2.75) is 38.1 Å². The summed E-state index contributed by atoms with van der Waals surface area (Å²) in [6, 6.07) is 0.497. The fraction of sp³-hybridized carbons (Fsp3) is 0.750. The molecule has 1 unspecified atom stereocenters. The zero-order valence-electron chi connectivity index (χ0n) is 9.83. The third kappa shape index (κ3) is 1.74. The summed E-state index contributed by atoms with van der Waals surface area (Å²) < 4.78 is 0. The Bertz CT molecular complexity index is 368. The molecule has 0 radical (unpaired) electrons. The summed E-state index contributed by atoms with van der Waals surface area (Å²) in [6.45, 7) is 2.41. The maximum Gasteiger partial charge on any atom is 0.185 e. The van der Waals surface area contributed by atoms with Crippen LogP contribution in [0.2, 0.25) is 0 Å². The number of rotatable bonds is 2. The van der Waals surface area contributed by atoms with Crippen LogP contribution in [-0.2, 0) is 6.42 Å². The minimum atomic E-state index is 0.497. The molecule has 2 heterocycles. The van der Waals surface area contributed by atoms with Gasteiger partial charge in [-0.25, -0.2) is 4.98 Å². The molecule has 0 aromatic carbocycles. The van der Waals surface area contributed by atoms with Gasteiger partial charge in [-0.3, -0.25) is 0 Å². The normalized spacial score (nSPS) is 24.8. The summed E-state index contributed by atoms with van der Waals surface area (Å²) in [7, 11) is 2.05. The molecule has 1 aliphatic heterocycles. The third-order valence-corrected chi connectivity index (χ3v) is 4.86. The first-order valence-electron chi connectivity index (χ1n) is 6.30. The summed E-state index contributed by atoms with van der Waals surface area (Å²) in [4.78, 5) is 8.84. The van der Waals surface area contributed by atoms with Gasteiger partial charge < -0.3 is 10.2 Å². The van der Waals surface area contributed by atoms with Gasteiger partial charge in [-0.1, -0.05) is 0 Å². The molecule has 88 valence electrons. The van der Waals surface area contributed by atoms with Gasteiger partial charge in [0.15, 0.2) is 5.13 Å². The molecule has 1 aromatic heterocycles. The Kier molecular flexibility index (Phi) is 2.86. The maximum absolute atomic E-state index is 4.87. The van der Waals surface area contributed by atoms with Crippen molar-refractivity contribution >= 4 is 16.5 Å². The first kappa shape index (κ1) is 10.5. The number of anilines is 1. The van der Waals surface area contributed by atoms with Crippen LogP contribution in [0.5, 0.6) is 0 Å². The van der Waals surface area contributed by atoms with Crippen molar-refractivity contribution in [1.29, 1.82) is 0 Å². The van der Waals surface area contributed by atoms with Crippen molar-refractivity contribution in [3.63, 3.8) is 0 Å². The first-order valence-corrected chi connectivity index (χ1v) is 7.12. The number of nitrogens with zero attached hydrogens (tertiary/aromatic N) is 2. The van der Waals surface area contributed by atoms with Gasteiger partial charge >= 0.3 is 0 Å². The molecular formula is C12H19N3S. The summed E-state index contributed by atoms with van der Waals surface area (Å²) in [5, 5.41) is 4.66. The van der Waals surface area contributed by atoms with Crippen LogP contribution in [0.4, 0.5) is 5.13 Å². The van der Waals surface area contributed by atoms with Gasteiger partial charge in [0, 0.05) is 18.0 Å². The highest BCUT2D eigenvalue weighted by atomic mass is 32.1. The van der Waals surface area contributed by atoms with Crippen molar-refractivity contribution < 1.29 is 0 Å². The molecular weight excluding hydrogens is 218 g/mol. The number of aryl methyl sites for hydroxylation is 1. The molecule has 1 N–H and O–H groups in total. The number of hydrogen-bond donors (Lipinski definition) is 1. The monoisotopic (exact) mass is 237 g/mol. The van der Waals surface area contributed by atoms with E-state index in [4.69, 9.17) is 4.98 Å². The molecule has 4 heteroatoms. The molecule has 16 heavy (non-hydrogen) atoms. The average molecular weight is 237 g/mol. The number of thiazole rings is 1. The third-order valence-electron chi connectivity index (χ3n) is 3.67. The van der Waals surface area contributed by atoms with E-state index in [1.807, 2.05) is 11.3 Å². The highest BCUT2D eigenvalue weighted by Gasteiger charge is 2.25.